The monoisotopic (exact) mass is 382 g/mol. The molecule has 0 radical (unpaired) electrons. The summed E-state index contributed by atoms with van der Waals surface area (Å²) in [4.78, 5) is 18.8. The smallest absolute Gasteiger partial charge is 0.273 e. The summed E-state index contributed by atoms with van der Waals surface area (Å²) >= 11 is 3.02. The molecule has 1 aromatic heterocycles. The van der Waals surface area contributed by atoms with Gasteiger partial charge < -0.3 is 10.2 Å². The van der Waals surface area contributed by atoms with Gasteiger partial charge in [-0.2, -0.15) is 0 Å². The third kappa shape index (κ3) is 3.92. The number of anilines is 1. The molecule has 0 unspecified atom stereocenters. The van der Waals surface area contributed by atoms with Gasteiger partial charge in [-0.05, 0) is 29.8 Å². The summed E-state index contributed by atoms with van der Waals surface area (Å²) in [5.74, 6) is -0.243. The van der Waals surface area contributed by atoms with Crippen molar-refractivity contribution in [3.05, 3.63) is 65.7 Å². The number of carbonyl (C=O) groups excluding carboxylic acids is 1. The van der Waals surface area contributed by atoms with Crippen LogP contribution in [0.25, 0.3) is 0 Å². The lowest BCUT2D eigenvalue weighted by molar-refractivity contribution is -0.110. The number of benzene rings is 2. The van der Waals surface area contributed by atoms with Crippen molar-refractivity contribution in [3.8, 4) is 0 Å². The summed E-state index contributed by atoms with van der Waals surface area (Å²) in [5, 5.41) is 14.6. The first-order valence-corrected chi connectivity index (χ1v) is 9.60. The molecule has 2 heterocycles. The van der Waals surface area contributed by atoms with Crippen molar-refractivity contribution >= 4 is 40.4 Å². The number of aromatic nitrogens is 2. The highest BCUT2D eigenvalue weighted by Crippen LogP contribution is 2.30. The van der Waals surface area contributed by atoms with E-state index >= 15 is 0 Å². The van der Waals surface area contributed by atoms with E-state index in [-0.39, 0.29) is 12.0 Å². The average Bonchev–Trinajstić information content (AvgIpc) is 3.36. The maximum absolute atomic E-state index is 12.4. The maximum atomic E-state index is 12.4. The highest BCUT2D eigenvalue weighted by Gasteiger charge is 2.27. The number of oxime groups is 1. The van der Waals surface area contributed by atoms with Gasteiger partial charge in [0.15, 0.2) is 10.4 Å². The fourth-order valence-electron chi connectivity index (χ4n) is 2.48. The number of nitrogens with one attached hydrogen (secondary N) is 1. The third-order valence-electron chi connectivity index (χ3n) is 3.76. The van der Waals surface area contributed by atoms with Gasteiger partial charge in [-0.3, -0.25) is 4.79 Å². The average molecular weight is 382 g/mol. The van der Waals surface area contributed by atoms with Crippen molar-refractivity contribution in [1.82, 2.24) is 10.2 Å². The Balaban J connectivity index is 1.35. The molecule has 0 saturated carbocycles. The molecule has 1 N–H and O–H groups in total. The predicted molar refractivity (Wildman–Crippen MR) is 101 cm³/mol. The van der Waals surface area contributed by atoms with E-state index in [0.717, 1.165) is 14.8 Å². The summed E-state index contributed by atoms with van der Waals surface area (Å²) in [7, 11) is 0. The van der Waals surface area contributed by atoms with E-state index in [1.807, 2.05) is 54.6 Å². The Morgan fingerprint density at radius 2 is 1.96 bits per heavy atom. The Morgan fingerprint density at radius 1 is 1.15 bits per heavy atom. The zero-order valence-corrected chi connectivity index (χ0v) is 15.2. The fourth-order valence-corrected chi connectivity index (χ4v) is 3.93. The minimum Gasteiger partial charge on any atom is -0.387 e. The van der Waals surface area contributed by atoms with Crippen LogP contribution in [0.2, 0.25) is 0 Å². The lowest BCUT2D eigenvalue weighted by Crippen LogP contribution is -2.21. The number of amides is 1. The molecule has 3 aromatic rings. The SMILES string of the molecule is O=C(Nc1ccc(Sc2nncs2)cc1)C1=NO[C@@H](c2ccccc2)C1. The standard InChI is InChI=1S/C18H14N4O2S2/c23-17(15-10-16(24-22-15)12-4-2-1-3-5-12)20-13-6-8-14(9-7-13)26-18-21-19-11-25-18/h1-9,11,16H,10H2,(H,20,23)/t16-/m1/s1. The molecule has 0 bridgehead atoms. The van der Waals surface area contributed by atoms with Crippen LogP contribution < -0.4 is 5.32 Å². The molecule has 4 rings (SSSR count). The molecule has 1 aliphatic rings. The summed E-state index contributed by atoms with van der Waals surface area (Å²) in [6.45, 7) is 0. The minimum absolute atomic E-state index is 0.206. The molecule has 2 aromatic carbocycles. The molecule has 0 spiro atoms. The fraction of sp³-hybridized carbons (Fsp3) is 0.111. The van der Waals surface area contributed by atoms with Crippen molar-refractivity contribution in [1.29, 1.82) is 0 Å². The molecule has 1 aliphatic heterocycles. The highest BCUT2D eigenvalue weighted by molar-refractivity contribution is 8.01. The van der Waals surface area contributed by atoms with E-state index in [1.165, 1.54) is 23.1 Å². The Kier molecular flexibility index (Phi) is 4.94. The van der Waals surface area contributed by atoms with Crippen LogP contribution in [0, 0.1) is 0 Å². The third-order valence-corrected chi connectivity index (χ3v) is 5.55. The molecular weight excluding hydrogens is 368 g/mol. The molecule has 8 heteroatoms. The largest absolute Gasteiger partial charge is 0.387 e. The van der Waals surface area contributed by atoms with E-state index in [9.17, 15) is 4.79 Å². The quantitative estimate of drug-likeness (QED) is 0.717. The normalized spacial score (nSPS) is 16.0. The van der Waals surface area contributed by atoms with Crippen molar-refractivity contribution in [2.45, 2.75) is 21.8 Å². The van der Waals surface area contributed by atoms with Crippen LogP contribution in [0.3, 0.4) is 0 Å². The van der Waals surface area contributed by atoms with Gasteiger partial charge in [-0.25, -0.2) is 0 Å². The van der Waals surface area contributed by atoms with Gasteiger partial charge in [0.1, 0.15) is 11.2 Å². The first-order chi connectivity index (χ1) is 12.8. The Morgan fingerprint density at radius 3 is 2.69 bits per heavy atom. The molecule has 130 valence electrons. The second-order valence-corrected chi connectivity index (χ2v) is 7.69. The zero-order valence-electron chi connectivity index (χ0n) is 13.5. The van der Waals surface area contributed by atoms with E-state index < -0.39 is 0 Å². The van der Waals surface area contributed by atoms with E-state index in [2.05, 4.69) is 20.7 Å². The minimum atomic E-state index is -0.243. The number of hydrogen-bond acceptors (Lipinski definition) is 7. The van der Waals surface area contributed by atoms with Crippen LogP contribution in [-0.4, -0.2) is 21.8 Å². The molecular formula is C18H14N4O2S2. The molecule has 0 fully saturated rings. The zero-order chi connectivity index (χ0) is 17.8. The lowest BCUT2D eigenvalue weighted by atomic mass is 10.0. The number of hydrogen-bond donors (Lipinski definition) is 1. The molecule has 1 atom stereocenters. The maximum Gasteiger partial charge on any atom is 0.273 e. The first-order valence-electron chi connectivity index (χ1n) is 7.91. The number of nitrogens with zero attached hydrogens (tertiary/aromatic N) is 3. The van der Waals surface area contributed by atoms with Crippen LogP contribution >= 0.6 is 23.1 Å². The summed E-state index contributed by atoms with van der Waals surface area (Å²) < 4.78 is 0.881. The van der Waals surface area contributed by atoms with Crippen LogP contribution in [0.1, 0.15) is 18.1 Å². The topological polar surface area (TPSA) is 76.5 Å². The van der Waals surface area contributed by atoms with Crippen molar-refractivity contribution < 1.29 is 9.63 Å². The highest BCUT2D eigenvalue weighted by atomic mass is 32.2. The van der Waals surface area contributed by atoms with Gasteiger partial charge in [-0.1, -0.05) is 58.6 Å². The van der Waals surface area contributed by atoms with E-state index in [1.54, 1.807) is 5.51 Å². The second-order valence-electron chi connectivity index (χ2n) is 5.53. The molecule has 0 saturated heterocycles. The summed E-state index contributed by atoms with van der Waals surface area (Å²) in [5.41, 5.74) is 3.81. The lowest BCUT2D eigenvalue weighted by Gasteiger charge is -2.07. The molecule has 1 amide bonds. The molecule has 6 nitrogen and oxygen atoms in total. The van der Waals surface area contributed by atoms with E-state index in [4.69, 9.17) is 4.84 Å². The van der Waals surface area contributed by atoms with Gasteiger partial charge in [-0.15, -0.1) is 10.2 Å². The van der Waals surface area contributed by atoms with Gasteiger partial charge in [0.05, 0.1) is 0 Å². The van der Waals surface area contributed by atoms with Crippen LogP contribution in [-0.2, 0) is 9.63 Å². The number of carbonyl (C=O) groups is 1. The van der Waals surface area contributed by atoms with E-state index in [0.29, 0.717) is 17.8 Å². The summed E-state index contributed by atoms with van der Waals surface area (Å²) in [6.07, 6.45) is 0.253. The predicted octanol–water partition coefficient (Wildman–Crippen LogP) is 4.15. The van der Waals surface area contributed by atoms with Gasteiger partial charge in [0, 0.05) is 17.0 Å². The van der Waals surface area contributed by atoms with Crippen LogP contribution in [0.15, 0.2) is 74.5 Å². The Bertz CT molecular complexity index is 912. The first kappa shape index (κ1) is 16.7. The Hall–Kier alpha value is -2.71. The van der Waals surface area contributed by atoms with Gasteiger partial charge in [0.25, 0.3) is 5.91 Å². The van der Waals surface area contributed by atoms with Crippen molar-refractivity contribution in [2.24, 2.45) is 5.16 Å². The number of rotatable bonds is 5. The van der Waals surface area contributed by atoms with Crippen LogP contribution in [0.4, 0.5) is 5.69 Å². The van der Waals surface area contributed by atoms with Crippen LogP contribution in [0.5, 0.6) is 0 Å². The summed E-state index contributed by atoms with van der Waals surface area (Å²) in [6, 6.07) is 17.3. The molecule has 26 heavy (non-hydrogen) atoms. The van der Waals surface area contributed by atoms with Crippen molar-refractivity contribution in [2.75, 3.05) is 5.32 Å². The Labute approximate surface area is 158 Å². The molecule has 0 aliphatic carbocycles. The second kappa shape index (κ2) is 7.67. The van der Waals surface area contributed by atoms with Crippen molar-refractivity contribution in [3.63, 3.8) is 0 Å². The van der Waals surface area contributed by atoms with Gasteiger partial charge >= 0.3 is 0 Å². The van der Waals surface area contributed by atoms with Gasteiger partial charge in [0.2, 0.25) is 0 Å².